The summed E-state index contributed by atoms with van der Waals surface area (Å²) in [5.74, 6) is 0. The average Bonchev–Trinajstić information content (AvgIpc) is 2.14. The van der Waals surface area contributed by atoms with Crippen molar-refractivity contribution in [1.82, 2.24) is 0 Å². The van der Waals surface area contributed by atoms with Gasteiger partial charge >= 0.3 is 0 Å². The Morgan fingerprint density at radius 2 is 2.21 bits per heavy atom. The molecule has 78 valence electrons. The molecule has 0 aliphatic rings. The van der Waals surface area contributed by atoms with Gasteiger partial charge in [-0.05, 0) is 25.3 Å². The lowest BCUT2D eigenvalue weighted by molar-refractivity contribution is 0.661. The lowest BCUT2D eigenvalue weighted by Crippen LogP contribution is -2.09. The van der Waals surface area contributed by atoms with Crippen LogP contribution in [-0.2, 0) is 0 Å². The van der Waals surface area contributed by atoms with Gasteiger partial charge in [0.15, 0.2) is 0 Å². The zero-order valence-corrected chi connectivity index (χ0v) is 9.39. The van der Waals surface area contributed by atoms with Gasteiger partial charge in [-0.3, -0.25) is 0 Å². The van der Waals surface area contributed by atoms with Crippen molar-refractivity contribution in [1.29, 1.82) is 0 Å². The fraction of sp³-hybridized carbons (Fsp3) is 0.333. The Balaban J connectivity index is 0.00000169. The minimum absolute atomic E-state index is 0. The maximum absolute atomic E-state index is 6.00. The maximum Gasteiger partial charge on any atom is 0.0297 e. The third-order valence-electron chi connectivity index (χ3n) is 2.15. The molecular formula is C12H18ClN. The molecule has 14 heavy (non-hydrogen) atoms. The minimum atomic E-state index is 0. The first-order valence-electron chi connectivity index (χ1n) is 4.67. The summed E-state index contributed by atoms with van der Waals surface area (Å²) >= 11 is 0. The zero-order valence-electron chi connectivity index (χ0n) is 8.57. The quantitative estimate of drug-likeness (QED) is 0.760. The highest BCUT2D eigenvalue weighted by Crippen LogP contribution is 2.16. The Hall–Kier alpha value is -0.790. The normalized spacial score (nSPS) is 11.6. The number of halogens is 1. The van der Waals surface area contributed by atoms with Crippen molar-refractivity contribution in [2.45, 2.75) is 25.8 Å². The number of rotatable bonds is 4. The Labute approximate surface area is 92.4 Å². The lowest BCUT2D eigenvalue weighted by Gasteiger charge is -2.10. The highest BCUT2D eigenvalue weighted by Gasteiger charge is 2.03. The summed E-state index contributed by atoms with van der Waals surface area (Å²) in [7, 11) is 0. The van der Waals surface area contributed by atoms with E-state index in [-0.39, 0.29) is 18.4 Å². The zero-order chi connectivity index (χ0) is 9.68. The minimum Gasteiger partial charge on any atom is -0.324 e. The van der Waals surface area contributed by atoms with Gasteiger partial charge in [-0.25, -0.2) is 0 Å². The molecule has 0 spiro atoms. The summed E-state index contributed by atoms with van der Waals surface area (Å²) < 4.78 is 0. The van der Waals surface area contributed by atoms with Crippen LogP contribution in [0.15, 0.2) is 36.9 Å². The molecule has 0 aliphatic carbocycles. The van der Waals surface area contributed by atoms with E-state index in [1.807, 2.05) is 6.08 Å². The van der Waals surface area contributed by atoms with Crippen LogP contribution in [0.25, 0.3) is 0 Å². The highest BCUT2D eigenvalue weighted by molar-refractivity contribution is 5.85. The molecule has 2 N–H and O–H groups in total. The molecule has 2 heteroatoms. The molecule has 0 heterocycles. The van der Waals surface area contributed by atoms with E-state index in [2.05, 4.69) is 37.8 Å². The molecule has 0 amide bonds. The van der Waals surface area contributed by atoms with E-state index >= 15 is 0 Å². The second-order valence-corrected chi connectivity index (χ2v) is 3.39. The molecule has 0 unspecified atom stereocenters. The summed E-state index contributed by atoms with van der Waals surface area (Å²) in [6.45, 7) is 5.78. The number of hydrogen-bond donors (Lipinski definition) is 1. The maximum atomic E-state index is 6.00. The predicted octanol–water partition coefficient (Wildman–Crippen LogP) is 3.38. The van der Waals surface area contributed by atoms with Crippen molar-refractivity contribution in [3.63, 3.8) is 0 Å². The summed E-state index contributed by atoms with van der Waals surface area (Å²) in [5.41, 5.74) is 8.50. The highest BCUT2D eigenvalue weighted by atomic mass is 35.5. The molecule has 1 aromatic rings. The average molecular weight is 212 g/mol. The van der Waals surface area contributed by atoms with Crippen LogP contribution >= 0.6 is 12.4 Å². The summed E-state index contributed by atoms with van der Waals surface area (Å²) in [5, 5.41) is 0. The largest absolute Gasteiger partial charge is 0.324 e. The van der Waals surface area contributed by atoms with E-state index in [0.29, 0.717) is 0 Å². The van der Waals surface area contributed by atoms with E-state index in [1.54, 1.807) is 0 Å². The van der Waals surface area contributed by atoms with E-state index < -0.39 is 0 Å². The van der Waals surface area contributed by atoms with Crippen molar-refractivity contribution in [2.24, 2.45) is 5.73 Å². The van der Waals surface area contributed by atoms with Gasteiger partial charge in [0.2, 0.25) is 0 Å². The second-order valence-electron chi connectivity index (χ2n) is 3.39. The molecule has 0 bridgehead atoms. The standard InChI is InChI=1S/C12H17N.ClH/c1-3-4-8-12(13)11-7-5-6-10(2)9-11;/h3,5-7,9,12H,1,4,8,13H2,2H3;1H/t12-;/m1./s1. The third-order valence-corrected chi connectivity index (χ3v) is 2.15. The monoisotopic (exact) mass is 211 g/mol. The van der Waals surface area contributed by atoms with Crippen LogP contribution in [0.1, 0.15) is 30.0 Å². The number of nitrogens with two attached hydrogens (primary N) is 1. The Bertz CT molecular complexity index is 283. The molecule has 1 aromatic carbocycles. The van der Waals surface area contributed by atoms with Crippen LogP contribution in [0.2, 0.25) is 0 Å². The van der Waals surface area contributed by atoms with E-state index in [9.17, 15) is 0 Å². The molecule has 0 saturated heterocycles. The van der Waals surface area contributed by atoms with Crippen molar-refractivity contribution in [2.75, 3.05) is 0 Å². The van der Waals surface area contributed by atoms with Crippen LogP contribution in [0.3, 0.4) is 0 Å². The van der Waals surface area contributed by atoms with Crippen molar-refractivity contribution in [3.05, 3.63) is 48.0 Å². The third kappa shape index (κ3) is 3.95. The molecule has 1 nitrogen and oxygen atoms in total. The van der Waals surface area contributed by atoms with Crippen molar-refractivity contribution < 1.29 is 0 Å². The van der Waals surface area contributed by atoms with Crippen LogP contribution in [0, 0.1) is 6.92 Å². The molecule has 1 rings (SSSR count). The van der Waals surface area contributed by atoms with Gasteiger partial charge in [-0.2, -0.15) is 0 Å². The van der Waals surface area contributed by atoms with Gasteiger partial charge in [-0.1, -0.05) is 35.9 Å². The van der Waals surface area contributed by atoms with Crippen molar-refractivity contribution in [3.8, 4) is 0 Å². The Kier molecular flexibility index (Phi) is 6.26. The van der Waals surface area contributed by atoms with Gasteiger partial charge in [0, 0.05) is 6.04 Å². The molecule has 0 aliphatic heterocycles. The number of benzene rings is 1. The fourth-order valence-electron chi connectivity index (χ4n) is 1.36. The summed E-state index contributed by atoms with van der Waals surface area (Å²) in [6, 6.07) is 8.52. The van der Waals surface area contributed by atoms with Gasteiger partial charge < -0.3 is 5.73 Å². The second kappa shape index (κ2) is 6.63. The van der Waals surface area contributed by atoms with Crippen LogP contribution in [0.5, 0.6) is 0 Å². The van der Waals surface area contributed by atoms with E-state index in [1.165, 1.54) is 11.1 Å². The van der Waals surface area contributed by atoms with Gasteiger partial charge in [0.05, 0.1) is 0 Å². The molecule has 1 atom stereocenters. The summed E-state index contributed by atoms with van der Waals surface area (Å²) in [4.78, 5) is 0. The Morgan fingerprint density at radius 3 is 2.79 bits per heavy atom. The molecular weight excluding hydrogens is 194 g/mol. The van der Waals surface area contributed by atoms with Crippen molar-refractivity contribution >= 4 is 12.4 Å². The number of allylic oxidation sites excluding steroid dienone is 1. The van der Waals surface area contributed by atoms with Crippen LogP contribution < -0.4 is 5.73 Å². The SMILES string of the molecule is C=CCC[C@@H](N)c1cccc(C)c1.Cl. The first kappa shape index (κ1) is 13.2. The van der Waals surface area contributed by atoms with E-state index in [0.717, 1.165) is 12.8 Å². The smallest absolute Gasteiger partial charge is 0.0297 e. The Morgan fingerprint density at radius 1 is 1.50 bits per heavy atom. The van der Waals surface area contributed by atoms with Crippen LogP contribution in [-0.4, -0.2) is 0 Å². The number of hydrogen-bond acceptors (Lipinski definition) is 1. The first-order valence-corrected chi connectivity index (χ1v) is 4.67. The first-order chi connectivity index (χ1) is 6.24. The fourth-order valence-corrected chi connectivity index (χ4v) is 1.36. The molecule has 0 radical (unpaired) electrons. The van der Waals surface area contributed by atoms with Gasteiger partial charge in [0.1, 0.15) is 0 Å². The predicted molar refractivity (Wildman–Crippen MR) is 64.8 cm³/mol. The molecule has 0 fully saturated rings. The van der Waals surface area contributed by atoms with Crippen LogP contribution in [0.4, 0.5) is 0 Å². The lowest BCUT2D eigenvalue weighted by atomic mass is 10.0. The topological polar surface area (TPSA) is 26.0 Å². The van der Waals surface area contributed by atoms with E-state index in [4.69, 9.17) is 5.73 Å². The molecule has 0 saturated carbocycles. The van der Waals surface area contributed by atoms with Gasteiger partial charge in [-0.15, -0.1) is 19.0 Å². The summed E-state index contributed by atoms with van der Waals surface area (Å²) in [6.07, 6.45) is 3.87. The number of aryl methyl sites for hydroxylation is 1. The molecule has 0 aromatic heterocycles. The van der Waals surface area contributed by atoms with Gasteiger partial charge in [0.25, 0.3) is 0 Å².